The molecule has 1 aromatic rings. The maximum Gasteiger partial charge on any atom is 0.317 e. The Kier molecular flexibility index (Phi) is 4.88. The first-order chi connectivity index (χ1) is 9.98. The van der Waals surface area contributed by atoms with Gasteiger partial charge in [0.25, 0.3) is 0 Å². The topological polar surface area (TPSA) is 41.6 Å². The summed E-state index contributed by atoms with van der Waals surface area (Å²) in [5.41, 5.74) is 2.32. The van der Waals surface area contributed by atoms with Crippen LogP contribution in [0.3, 0.4) is 0 Å². The summed E-state index contributed by atoms with van der Waals surface area (Å²) < 4.78 is 5.49. The molecule has 1 atom stereocenters. The lowest BCUT2D eigenvalue weighted by Crippen LogP contribution is -2.45. The fraction of sp³-hybridized carbons (Fsp3) is 0.588. The number of urea groups is 1. The Labute approximate surface area is 127 Å². The van der Waals surface area contributed by atoms with E-state index in [2.05, 4.69) is 24.4 Å². The van der Waals surface area contributed by atoms with Crippen molar-refractivity contribution < 1.29 is 9.53 Å². The Bertz CT molecular complexity index is 497. The van der Waals surface area contributed by atoms with Gasteiger partial charge in [0.05, 0.1) is 11.6 Å². The van der Waals surface area contributed by atoms with Crippen molar-refractivity contribution in [2.75, 3.05) is 20.2 Å². The molecule has 4 heteroatoms. The molecule has 0 radical (unpaired) electrons. The Morgan fingerprint density at radius 2 is 2.10 bits per heavy atom. The first-order valence-corrected chi connectivity index (χ1v) is 7.69. The zero-order valence-electron chi connectivity index (χ0n) is 13.5. The minimum absolute atomic E-state index is 0.0256. The van der Waals surface area contributed by atoms with Crippen LogP contribution in [-0.2, 0) is 10.3 Å². The van der Waals surface area contributed by atoms with Gasteiger partial charge in [-0.05, 0) is 44.7 Å². The molecule has 21 heavy (non-hydrogen) atoms. The van der Waals surface area contributed by atoms with Gasteiger partial charge in [0.1, 0.15) is 0 Å². The van der Waals surface area contributed by atoms with Crippen LogP contribution < -0.4 is 5.32 Å². The number of nitrogens with one attached hydrogen (secondary N) is 1. The SMILES string of the molecule is CCO[C@@H](C)CN(C)C(=O)NC1(c2ccccc2C)CC1. The average molecular weight is 290 g/mol. The van der Waals surface area contributed by atoms with E-state index < -0.39 is 0 Å². The van der Waals surface area contributed by atoms with Gasteiger partial charge in [-0.2, -0.15) is 0 Å². The number of likely N-dealkylation sites (N-methyl/N-ethyl adjacent to an activating group) is 1. The van der Waals surface area contributed by atoms with E-state index in [4.69, 9.17) is 4.74 Å². The molecule has 2 amide bonds. The van der Waals surface area contributed by atoms with Crippen molar-refractivity contribution in [2.45, 2.75) is 45.3 Å². The zero-order chi connectivity index (χ0) is 15.5. The van der Waals surface area contributed by atoms with E-state index in [1.54, 1.807) is 4.90 Å². The number of nitrogens with zero attached hydrogens (tertiary/aromatic N) is 1. The zero-order valence-corrected chi connectivity index (χ0v) is 13.5. The van der Waals surface area contributed by atoms with Crippen molar-refractivity contribution >= 4 is 6.03 Å². The second-order valence-corrected chi connectivity index (χ2v) is 5.97. The molecule has 0 aromatic heterocycles. The number of carbonyl (C=O) groups is 1. The molecule has 1 fully saturated rings. The van der Waals surface area contributed by atoms with E-state index in [1.807, 2.05) is 33.0 Å². The molecule has 0 saturated heterocycles. The highest BCUT2D eigenvalue weighted by Crippen LogP contribution is 2.46. The summed E-state index contributed by atoms with van der Waals surface area (Å²) >= 11 is 0. The second kappa shape index (κ2) is 6.48. The first kappa shape index (κ1) is 15.8. The van der Waals surface area contributed by atoms with Gasteiger partial charge in [0, 0.05) is 20.2 Å². The maximum absolute atomic E-state index is 12.4. The van der Waals surface area contributed by atoms with Crippen molar-refractivity contribution in [3.05, 3.63) is 35.4 Å². The van der Waals surface area contributed by atoms with Crippen LogP contribution in [0.1, 0.15) is 37.8 Å². The number of aryl methyl sites for hydroxylation is 1. The molecule has 4 nitrogen and oxygen atoms in total. The van der Waals surface area contributed by atoms with Gasteiger partial charge < -0.3 is 15.0 Å². The highest BCUT2D eigenvalue weighted by atomic mass is 16.5. The number of carbonyl (C=O) groups excluding carboxylic acids is 1. The molecule has 1 aromatic carbocycles. The Morgan fingerprint density at radius 3 is 2.67 bits per heavy atom. The molecule has 0 unspecified atom stereocenters. The lowest BCUT2D eigenvalue weighted by Gasteiger charge is -2.26. The molecule has 0 aliphatic heterocycles. The Morgan fingerprint density at radius 1 is 1.43 bits per heavy atom. The molecule has 116 valence electrons. The van der Waals surface area contributed by atoms with Gasteiger partial charge in [-0.15, -0.1) is 0 Å². The van der Waals surface area contributed by atoms with Crippen molar-refractivity contribution in [2.24, 2.45) is 0 Å². The Balaban J connectivity index is 1.98. The summed E-state index contributed by atoms with van der Waals surface area (Å²) in [5.74, 6) is 0. The van der Waals surface area contributed by atoms with Gasteiger partial charge in [-0.25, -0.2) is 4.79 Å². The molecule has 2 rings (SSSR count). The lowest BCUT2D eigenvalue weighted by atomic mass is 9.99. The van der Waals surface area contributed by atoms with Crippen molar-refractivity contribution in [1.29, 1.82) is 0 Å². The van der Waals surface area contributed by atoms with E-state index >= 15 is 0 Å². The maximum atomic E-state index is 12.4. The third kappa shape index (κ3) is 3.76. The van der Waals surface area contributed by atoms with Crippen LogP contribution in [0.15, 0.2) is 24.3 Å². The molecular weight excluding hydrogens is 264 g/mol. The molecule has 0 spiro atoms. The minimum atomic E-state index is -0.161. The molecule has 1 aliphatic carbocycles. The van der Waals surface area contributed by atoms with Gasteiger partial charge in [-0.3, -0.25) is 0 Å². The predicted molar refractivity (Wildman–Crippen MR) is 84.3 cm³/mol. The fourth-order valence-corrected chi connectivity index (χ4v) is 2.80. The van der Waals surface area contributed by atoms with Gasteiger partial charge in [-0.1, -0.05) is 24.3 Å². The molecule has 0 bridgehead atoms. The normalized spacial score (nSPS) is 17.1. The number of hydrogen-bond donors (Lipinski definition) is 1. The van der Waals surface area contributed by atoms with Crippen LogP contribution >= 0.6 is 0 Å². The van der Waals surface area contributed by atoms with Crippen LogP contribution in [-0.4, -0.2) is 37.2 Å². The van der Waals surface area contributed by atoms with Crippen LogP contribution in [0.5, 0.6) is 0 Å². The summed E-state index contributed by atoms with van der Waals surface area (Å²) in [6, 6.07) is 8.26. The monoisotopic (exact) mass is 290 g/mol. The van der Waals surface area contributed by atoms with Crippen molar-refractivity contribution in [3.8, 4) is 0 Å². The third-order valence-electron chi connectivity index (χ3n) is 4.09. The first-order valence-electron chi connectivity index (χ1n) is 7.69. The van der Waals surface area contributed by atoms with Crippen LogP contribution in [0.4, 0.5) is 4.79 Å². The number of amides is 2. The standard InChI is InChI=1S/C17H26N2O2/c1-5-21-14(3)12-19(4)16(20)18-17(10-11-17)15-9-7-6-8-13(15)2/h6-9,14H,5,10-12H2,1-4H3,(H,18,20)/t14-/m0/s1. The Hall–Kier alpha value is -1.55. The summed E-state index contributed by atoms with van der Waals surface area (Å²) in [4.78, 5) is 14.1. The quantitative estimate of drug-likeness (QED) is 0.875. The van der Waals surface area contributed by atoms with E-state index in [-0.39, 0.29) is 17.7 Å². The summed E-state index contributed by atoms with van der Waals surface area (Å²) in [6.45, 7) is 7.32. The smallest absolute Gasteiger partial charge is 0.317 e. The lowest BCUT2D eigenvalue weighted by molar-refractivity contribution is 0.0576. The summed E-state index contributed by atoms with van der Waals surface area (Å²) in [6.07, 6.45) is 2.08. The molecular formula is C17H26N2O2. The molecule has 0 heterocycles. The second-order valence-electron chi connectivity index (χ2n) is 5.97. The van der Waals surface area contributed by atoms with E-state index in [9.17, 15) is 4.79 Å². The van der Waals surface area contributed by atoms with Gasteiger partial charge >= 0.3 is 6.03 Å². The number of ether oxygens (including phenoxy) is 1. The predicted octanol–water partition coefficient (Wildman–Crippen LogP) is 3.05. The largest absolute Gasteiger partial charge is 0.377 e. The highest BCUT2D eigenvalue weighted by Gasteiger charge is 2.46. The summed E-state index contributed by atoms with van der Waals surface area (Å²) in [7, 11) is 1.82. The van der Waals surface area contributed by atoms with E-state index in [1.165, 1.54) is 11.1 Å². The molecule has 1 N–H and O–H groups in total. The molecule has 1 saturated carbocycles. The van der Waals surface area contributed by atoms with E-state index in [0.717, 1.165) is 12.8 Å². The van der Waals surface area contributed by atoms with Gasteiger partial charge in [0.15, 0.2) is 0 Å². The minimum Gasteiger partial charge on any atom is -0.377 e. The fourth-order valence-electron chi connectivity index (χ4n) is 2.80. The number of hydrogen-bond acceptors (Lipinski definition) is 2. The van der Waals surface area contributed by atoms with E-state index in [0.29, 0.717) is 13.2 Å². The number of benzene rings is 1. The van der Waals surface area contributed by atoms with Gasteiger partial charge in [0.2, 0.25) is 0 Å². The summed E-state index contributed by atoms with van der Waals surface area (Å²) in [5, 5.41) is 3.20. The van der Waals surface area contributed by atoms with Crippen LogP contribution in [0.25, 0.3) is 0 Å². The van der Waals surface area contributed by atoms with Crippen molar-refractivity contribution in [3.63, 3.8) is 0 Å². The third-order valence-corrected chi connectivity index (χ3v) is 4.09. The van der Waals surface area contributed by atoms with Crippen LogP contribution in [0, 0.1) is 6.92 Å². The average Bonchev–Trinajstić information content (AvgIpc) is 3.20. The van der Waals surface area contributed by atoms with Crippen molar-refractivity contribution in [1.82, 2.24) is 10.2 Å². The van der Waals surface area contributed by atoms with Crippen LogP contribution in [0.2, 0.25) is 0 Å². The molecule has 1 aliphatic rings. The number of rotatable bonds is 6. The highest BCUT2D eigenvalue weighted by molar-refractivity contribution is 5.75.